The van der Waals surface area contributed by atoms with Crippen LogP contribution in [0, 0.1) is 5.92 Å². The van der Waals surface area contributed by atoms with Gasteiger partial charge >= 0.3 is 0 Å². The molecule has 0 aliphatic rings. The Labute approximate surface area is 128 Å². The molecule has 1 N–H and O–H groups in total. The SMILES string of the molecule is CC(C)CNC(=O)c1ccn(COc2cccc(Cl)c2)n1. The molecule has 0 fully saturated rings. The van der Waals surface area contributed by atoms with Gasteiger partial charge in [-0.3, -0.25) is 4.79 Å². The molecule has 21 heavy (non-hydrogen) atoms. The Bertz CT molecular complexity index is 610. The van der Waals surface area contributed by atoms with E-state index < -0.39 is 0 Å². The molecule has 2 rings (SSSR count). The summed E-state index contributed by atoms with van der Waals surface area (Å²) in [6.45, 7) is 4.93. The molecular formula is C15H18ClN3O2. The highest BCUT2D eigenvalue weighted by molar-refractivity contribution is 6.30. The van der Waals surface area contributed by atoms with Gasteiger partial charge in [-0.25, -0.2) is 4.68 Å². The summed E-state index contributed by atoms with van der Waals surface area (Å²) in [5.41, 5.74) is 0.380. The number of halogens is 1. The predicted octanol–water partition coefficient (Wildman–Crippen LogP) is 2.96. The minimum atomic E-state index is -0.176. The number of ether oxygens (including phenoxy) is 1. The summed E-state index contributed by atoms with van der Waals surface area (Å²) in [6, 6.07) is 8.79. The zero-order valence-corrected chi connectivity index (χ0v) is 12.8. The molecule has 6 heteroatoms. The molecule has 0 atom stereocenters. The van der Waals surface area contributed by atoms with Gasteiger partial charge in [-0.1, -0.05) is 31.5 Å². The molecule has 112 valence electrons. The summed E-state index contributed by atoms with van der Waals surface area (Å²) < 4.78 is 7.11. The van der Waals surface area contributed by atoms with Gasteiger partial charge in [-0.15, -0.1) is 0 Å². The molecule has 0 unspecified atom stereocenters. The van der Waals surface area contributed by atoms with E-state index in [1.165, 1.54) is 0 Å². The average Bonchev–Trinajstić information content (AvgIpc) is 2.91. The van der Waals surface area contributed by atoms with Crippen LogP contribution in [-0.2, 0) is 6.73 Å². The number of hydrogen-bond donors (Lipinski definition) is 1. The van der Waals surface area contributed by atoms with Crippen molar-refractivity contribution in [1.29, 1.82) is 0 Å². The second-order valence-corrected chi connectivity index (χ2v) is 5.51. The van der Waals surface area contributed by atoms with Crippen LogP contribution in [-0.4, -0.2) is 22.2 Å². The second-order valence-electron chi connectivity index (χ2n) is 5.08. The number of nitrogens with zero attached hydrogens (tertiary/aromatic N) is 2. The highest BCUT2D eigenvalue weighted by atomic mass is 35.5. The van der Waals surface area contributed by atoms with E-state index in [1.54, 1.807) is 29.1 Å². The minimum Gasteiger partial charge on any atom is -0.471 e. The van der Waals surface area contributed by atoms with E-state index in [2.05, 4.69) is 10.4 Å². The van der Waals surface area contributed by atoms with Gasteiger partial charge in [-0.2, -0.15) is 5.10 Å². The summed E-state index contributed by atoms with van der Waals surface area (Å²) >= 11 is 5.88. The fraction of sp³-hybridized carbons (Fsp3) is 0.333. The first-order valence-electron chi connectivity index (χ1n) is 6.74. The molecule has 2 aromatic rings. The number of rotatable bonds is 6. The van der Waals surface area contributed by atoms with Gasteiger partial charge in [0.1, 0.15) is 11.4 Å². The summed E-state index contributed by atoms with van der Waals surface area (Å²) in [6.07, 6.45) is 1.70. The van der Waals surface area contributed by atoms with E-state index in [-0.39, 0.29) is 12.6 Å². The highest BCUT2D eigenvalue weighted by Gasteiger charge is 2.09. The van der Waals surface area contributed by atoms with E-state index in [0.29, 0.717) is 28.9 Å². The third-order valence-corrected chi connectivity index (χ3v) is 2.94. The van der Waals surface area contributed by atoms with Gasteiger partial charge in [0.2, 0.25) is 0 Å². The van der Waals surface area contributed by atoms with Crippen molar-refractivity contribution in [2.24, 2.45) is 5.92 Å². The number of carbonyl (C=O) groups is 1. The Morgan fingerprint density at radius 3 is 2.95 bits per heavy atom. The van der Waals surface area contributed by atoms with Gasteiger partial charge in [-0.05, 0) is 30.2 Å². The van der Waals surface area contributed by atoms with Gasteiger partial charge in [0.15, 0.2) is 6.73 Å². The van der Waals surface area contributed by atoms with Crippen LogP contribution in [0.15, 0.2) is 36.5 Å². The Morgan fingerprint density at radius 1 is 1.43 bits per heavy atom. The summed E-state index contributed by atoms with van der Waals surface area (Å²) in [7, 11) is 0. The standard InChI is InChI=1S/C15H18ClN3O2/c1-11(2)9-17-15(20)14-6-7-19(18-14)10-21-13-5-3-4-12(16)8-13/h3-8,11H,9-10H2,1-2H3,(H,17,20). The number of amides is 1. The summed E-state index contributed by atoms with van der Waals surface area (Å²) in [5.74, 6) is 0.885. The highest BCUT2D eigenvalue weighted by Crippen LogP contribution is 2.17. The van der Waals surface area contributed by atoms with E-state index in [0.717, 1.165) is 0 Å². The van der Waals surface area contributed by atoms with Crippen molar-refractivity contribution in [2.75, 3.05) is 6.54 Å². The zero-order chi connectivity index (χ0) is 15.2. The Balaban J connectivity index is 1.89. The lowest BCUT2D eigenvalue weighted by Gasteiger charge is -2.07. The number of hydrogen-bond acceptors (Lipinski definition) is 3. The quantitative estimate of drug-likeness (QED) is 0.892. The van der Waals surface area contributed by atoms with Crippen molar-refractivity contribution in [1.82, 2.24) is 15.1 Å². The summed E-state index contributed by atoms with van der Waals surface area (Å²) in [5, 5.41) is 7.60. The Hall–Kier alpha value is -2.01. The predicted molar refractivity (Wildman–Crippen MR) is 81.5 cm³/mol. The van der Waals surface area contributed by atoms with Gasteiger partial charge < -0.3 is 10.1 Å². The van der Waals surface area contributed by atoms with E-state index >= 15 is 0 Å². The first kappa shape index (κ1) is 15.4. The van der Waals surface area contributed by atoms with Crippen molar-refractivity contribution in [3.63, 3.8) is 0 Å². The number of nitrogens with one attached hydrogen (secondary N) is 1. The molecular weight excluding hydrogens is 290 g/mol. The second kappa shape index (κ2) is 7.13. The first-order chi connectivity index (χ1) is 10.0. The topological polar surface area (TPSA) is 56.2 Å². The van der Waals surface area contributed by atoms with Crippen molar-refractivity contribution < 1.29 is 9.53 Å². The van der Waals surface area contributed by atoms with Crippen molar-refractivity contribution in [3.05, 3.63) is 47.2 Å². The number of aromatic nitrogens is 2. The van der Waals surface area contributed by atoms with Crippen LogP contribution in [0.4, 0.5) is 0 Å². The van der Waals surface area contributed by atoms with Crippen LogP contribution in [0.5, 0.6) is 5.75 Å². The fourth-order valence-electron chi connectivity index (χ4n) is 1.64. The molecule has 0 aliphatic carbocycles. The Morgan fingerprint density at radius 2 is 2.24 bits per heavy atom. The largest absolute Gasteiger partial charge is 0.471 e. The van der Waals surface area contributed by atoms with Crippen LogP contribution in [0.25, 0.3) is 0 Å². The van der Waals surface area contributed by atoms with E-state index in [4.69, 9.17) is 16.3 Å². The molecule has 5 nitrogen and oxygen atoms in total. The van der Waals surface area contributed by atoms with Crippen LogP contribution in [0.3, 0.4) is 0 Å². The van der Waals surface area contributed by atoms with Gasteiger partial charge in [0, 0.05) is 17.8 Å². The lowest BCUT2D eigenvalue weighted by Crippen LogP contribution is -2.27. The lowest BCUT2D eigenvalue weighted by atomic mass is 10.2. The Kier molecular flexibility index (Phi) is 5.22. The van der Waals surface area contributed by atoms with Gasteiger partial charge in [0.25, 0.3) is 5.91 Å². The third-order valence-electron chi connectivity index (χ3n) is 2.70. The molecule has 1 heterocycles. The monoisotopic (exact) mass is 307 g/mol. The lowest BCUT2D eigenvalue weighted by molar-refractivity contribution is 0.0942. The summed E-state index contributed by atoms with van der Waals surface area (Å²) in [4.78, 5) is 11.8. The molecule has 0 radical (unpaired) electrons. The van der Waals surface area contributed by atoms with Crippen LogP contribution in [0.1, 0.15) is 24.3 Å². The van der Waals surface area contributed by atoms with E-state index in [1.807, 2.05) is 26.0 Å². The maximum Gasteiger partial charge on any atom is 0.271 e. The normalized spacial score (nSPS) is 10.7. The maximum absolute atomic E-state index is 11.8. The maximum atomic E-state index is 11.8. The molecule has 0 saturated heterocycles. The number of benzene rings is 1. The van der Waals surface area contributed by atoms with E-state index in [9.17, 15) is 4.79 Å². The van der Waals surface area contributed by atoms with Crippen molar-refractivity contribution in [3.8, 4) is 5.75 Å². The smallest absolute Gasteiger partial charge is 0.271 e. The third kappa shape index (κ3) is 4.79. The molecule has 1 aromatic heterocycles. The fourth-order valence-corrected chi connectivity index (χ4v) is 1.82. The van der Waals surface area contributed by atoms with Crippen LogP contribution >= 0.6 is 11.6 Å². The molecule has 1 amide bonds. The van der Waals surface area contributed by atoms with Crippen molar-refractivity contribution >= 4 is 17.5 Å². The number of carbonyl (C=O) groups excluding carboxylic acids is 1. The van der Waals surface area contributed by atoms with Crippen LogP contribution < -0.4 is 10.1 Å². The molecule has 0 spiro atoms. The van der Waals surface area contributed by atoms with Crippen molar-refractivity contribution in [2.45, 2.75) is 20.6 Å². The molecule has 0 aliphatic heterocycles. The molecule has 1 aromatic carbocycles. The minimum absolute atomic E-state index is 0.176. The van der Waals surface area contributed by atoms with Crippen LogP contribution in [0.2, 0.25) is 5.02 Å². The molecule has 0 saturated carbocycles. The average molecular weight is 308 g/mol. The molecule has 0 bridgehead atoms. The zero-order valence-electron chi connectivity index (χ0n) is 12.0. The van der Waals surface area contributed by atoms with Gasteiger partial charge in [0.05, 0.1) is 0 Å². The first-order valence-corrected chi connectivity index (χ1v) is 7.12.